The zero-order valence-electron chi connectivity index (χ0n) is 12.0. The number of rotatable bonds is 5. The second-order valence-electron chi connectivity index (χ2n) is 4.56. The lowest BCUT2D eigenvalue weighted by Gasteiger charge is -2.14. The third-order valence-corrected chi connectivity index (χ3v) is 3.13. The first-order valence-corrected chi connectivity index (χ1v) is 6.51. The van der Waals surface area contributed by atoms with Gasteiger partial charge in [0.25, 0.3) is 0 Å². The van der Waals surface area contributed by atoms with Gasteiger partial charge in [-0.05, 0) is 25.1 Å². The van der Waals surface area contributed by atoms with Crippen LogP contribution in [0.2, 0.25) is 0 Å². The lowest BCUT2D eigenvalue weighted by atomic mass is 10.3. The lowest BCUT2D eigenvalue weighted by Crippen LogP contribution is -2.27. The molecule has 0 aliphatic rings. The van der Waals surface area contributed by atoms with Gasteiger partial charge in [0.05, 0.1) is 24.2 Å². The number of carbonyl (C=O) groups excluding carboxylic acids is 2. The molecule has 1 aromatic heterocycles. The van der Waals surface area contributed by atoms with Gasteiger partial charge in [0.15, 0.2) is 0 Å². The second kappa shape index (κ2) is 6.21. The number of esters is 1. The summed E-state index contributed by atoms with van der Waals surface area (Å²) in [5.41, 5.74) is 1.58. The molecule has 21 heavy (non-hydrogen) atoms. The van der Waals surface area contributed by atoms with E-state index in [9.17, 15) is 9.59 Å². The Hall–Kier alpha value is -2.63. The van der Waals surface area contributed by atoms with Crippen LogP contribution in [-0.4, -0.2) is 28.5 Å². The molecule has 110 valence electrons. The van der Waals surface area contributed by atoms with Crippen molar-refractivity contribution < 1.29 is 14.3 Å². The van der Waals surface area contributed by atoms with Crippen LogP contribution in [0.15, 0.2) is 36.9 Å². The van der Waals surface area contributed by atoms with Gasteiger partial charge in [-0.2, -0.15) is 0 Å². The number of hydrogen-bond acceptors (Lipinski definition) is 4. The SMILES string of the molecule is C=CC(=O)NC(C)c1nc2ccccc2n1CC(=O)OC. The van der Waals surface area contributed by atoms with Gasteiger partial charge in [-0.1, -0.05) is 18.7 Å². The van der Waals surface area contributed by atoms with Crippen LogP contribution < -0.4 is 5.32 Å². The number of nitrogens with zero attached hydrogens (tertiary/aromatic N) is 2. The van der Waals surface area contributed by atoms with Gasteiger partial charge >= 0.3 is 5.97 Å². The number of nitrogens with one attached hydrogen (secondary N) is 1. The quantitative estimate of drug-likeness (QED) is 0.669. The lowest BCUT2D eigenvalue weighted by molar-refractivity contribution is -0.141. The van der Waals surface area contributed by atoms with Gasteiger partial charge in [0.1, 0.15) is 12.4 Å². The Balaban J connectivity index is 2.45. The summed E-state index contributed by atoms with van der Waals surface area (Å²) in [5, 5.41) is 2.75. The van der Waals surface area contributed by atoms with Crippen molar-refractivity contribution in [3.8, 4) is 0 Å². The molecule has 0 fully saturated rings. The minimum absolute atomic E-state index is 0.0423. The van der Waals surface area contributed by atoms with E-state index in [1.54, 1.807) is 11.5 Å². The Bertz CT molecular complexity index is 691. The molecule has 0 bridgehead atoms. The number of fused-ring (bicyclic) bond motifs is 1. The highest BCUT2D eigenvalue weighted by Gasteiger charge is 2.19. The first-order chi connectivity index (χ1) is 10.1. The van der Waals surface area contributed by atoms with Crippen LogP contribution in [0.3, 0.4) is 0 Å². The Labute approximate surface area is 122 Å². The normalized spacial score (nSPS) is 11.9. The van der Waals surface area contributed by atoms with Crippen molar-refractivity contribution in [1.29, 1.82) is 0 Å². The number of imidazole rings is 1. The van der Waals surface area contributed by atoms with E-state index in [0.29, 0.717) is 5.82 Å². The highest BCUT2D eigenvalue weighted by atomic mass is 16.5. The van der Waals surface area contributed by atoms with Crippen LogP contribution in [-0.2, 0) is 20.9 Å². The van der Waals surface area contributed by atoms with Gasteiger partial charge in [-0.25, -0.2) is 4.98 Å². The average molecular weight is 287 g/mol. The van der Waals surface area contributed by atoms with Crippen LogP contribution in [0, 0.1) is 0 Å². The van der Waals surface area contributed by atoms with E-state index in [0.717, 1.165) is 11.0 Å². The predicted octanol–water partition coefficient (Wildman–Crippen LogP) is 1.57. The molecular formula is C15H17N3O3. The smallest absolute Gasteiger partial charge is 0.325 e. The van der Waals surface area contributed by atoms with E-state index < -0.39 is 0 Å². The number of hydrogen-bond donors (Lipinski definition) is 1. The summed E-state index contributed by atoms with van der Waals surface area (Å²) >= 11 is 0. The molecule has 0 radical (unpaired) electrons. The summed E-state index contributed by atoms with van der Waals surface area (Å²) in [6.07, 6.45) is 1.20. The molecule has 0 saturated carbocycles. The van der Waals surface area contributed by atoms with Crippen molar-refractivity contribution in [1.82, 2.24) is 14.9 Å². The van der Waals surface area contributed by atoms with Crippen molar-refractivity contribution >= 4 is 22.9 Å². The van der Waals surface area contributed by atoms with Gasteiger partial charge in [-0.3, -0.25) is 9.59 Å². The van der Waals surface area contributed by atoms with Crippen molar-refractivity contribution in [3.63, 3.8) is 0 Å². The van der Waals surface area contributed by atoms with Crippen LogP contribution in [0.5, 0.6) is 0 Å². The first-order valence-electron chi connectivity index (χ1n) is 6.51. The number of benzene rings is 1. The molecular weight excluding hydrogens is 270 g/mol. The topological polar surface area (TPSA) is 73.2 Å². The number of aromatic nitrogens is 2. The molecule has 0 aliphatic heterocycles. The highest BCUT2D eigenvalue weighted by molar-refractivity contribution is 5.87. The van der Waals surface area contributed by atoms with Gasteiger partial charge < -0.3 is 14.6 Å². The van der Waals surface area contributed by atoms with Crippen LogP contribution in [0.4, 0.5) is 0 Å². The third kappa shape index (κ3) is 3.10. The minimum Gasteiger partial charge on any atom is -0.468 e. The largest absolute Gasteiger partial charge is 0.468 e. The fraction of sp³-hybridized carbons (Fsp3) is 0.267. The van der Waals surface area contributed by atoms with Crippen LogP contribution in [0.25, 0.3) is 11.0 Å². The monoisotopic (exact) mass is 287 g/mol. The molecule has 1 heterocycles. The summed E-state index contributed by atoms with van der Waals surface area (Å²) in [6.45, 7) is 5.27. The Morgan fingerprint density at radius 2 is 2.19 bits per heavy atom. The Morgan fingerprint density at radius 3 is 2.86 bits per heavy atom. The molecule has 6 nitrogen and oxygen atoms in total. The first kappa shape index (κ1) is 14.8. The summed E-state index contributed by atoms with van der Waals surface area (Å²) in [4.78, 5) is 27.5. The molecule has 0 spiro atoms. The van der Waals surface area contributed by atoms with E-state index in [1.165, 1.54) is 13.2 Å². The van der Waals surface area contributed by atoms with Crippen molar-refractivity contribution in [2.45, 2.75) is 19.5 Å². The van der Waals surface area contributed by atoms with Crippen molar-refractivity contribution in [2.75, 3.05) is 7.11 Å². The fourth-order valence-corrected chi connectivity index (χ4v) is 2.12. The number of para-hydroxylation sites is 2. The van der Waals surface area contributed by atoms with Crippen molar-refractivity contribution in [3.05, 3.63) is 42.7 Å². The van der Waals surface area contributed by atoms with E-state index in [2.05, 4.69) is 16.9 Å². The summed E-state index contributed by atoms with van der Waals surface area (Å²) < 4.78 is 6.46. The van der Waals surface area contributed by atoms with E-state index in [-0.39, 0.29) is 24.5 Å². The summed E-state index contributed by atoms with van der Waals surface area (Å²) in [7, 11) is 1.34. The molecule has 1 unspecified atom stereocenters. The van der Waals surface area contributed by atoms with Gasteiger partial charge in [0.2, 0.25) is 5.91 Å². The summed E-state index contributed by atoms with van der Waals surface area (Å²) in [5.74, 6) is -0.0716. The molecule has 0 aliphatic carbocycles. The maximum atomic E-state index is 11.6. The zero-order valence-corrected chi connectivity index (χ0v) is 12.0. The Kier molecular flexibility index (Phi) is 4.37. The van der Waals surface area contributed by atoms with Crippen molar-refractivity contribution in [2.24, 2.45) is 0 Å². The Morgan fingerprint density at radius 1 is 1.48 bits per heavy atom. The molecule has 0 saturated heterocycles. The zero-order chi connectivity index (χ0) is 15.4. The maximum Gasteiger partial charge on any atom is 0.325 e. The van der Waals surface area contributed by atoms with Gasteiger partial charge in [0, 0.05) is 0 Å². The molecule has 1 N–H and O–H groups in total. The molecule has 6 heteroatoms. The predicted molar refractivity (Wildman–Crippen MR) is 78.5 cm³/mol. The molecule has 2 rings (SSSR count). The minimum atomic E-state index is -0.373. The maximum absolute atomic E-state index is 11.6. The van der Waals surface area contributed by atoms with E-state index in [1.807, 2.05) is 24.3 Å². The molecule has 2 aromatic rings. The van der Waals surface area contributed by atoms with Gasteiger partial charge in [-0.15, -0.1) is 0 Å². The fourth-order valence-electron chi connectivity index (χ4n) is 2.12. The number of amides is 1. The van der Waals surface area contributed by atoms with Crippen LogP contribution in [0.1, 0.15) is 18.8 Å². The highest BCUT2D eigenvalue weighted by Crippen LogP contribution is 2.20. The molecule has 1 atom stereocenters. The summed E-state index contributed by atoms with van der Waals surface area (Å²) in [6, 6.07) is 7.11. The average Bonchev–Trinajstić information content (AvgIpc) is 2.86. The van der Waals surface area contributed by atoms with E-state index in [4.69, 9.17) is 4.74 Å². The standard InChI is InChI=1S/C15H17N3O3/c1-4-13(19)16-10(2)15-17-11-7-5-6-8-12(11)18(15)9-14(20)21-3/h4-8,10H,1,9H2,2-3H3,(H,16,19). The number of methoxy groups -OCH3 is 1. The molecule has 1 aromatic carbocycles. The third-order valence-electron chi connectivity index (χ3n) is 3.13. The van der Waals surface area contributed by atoms with E-state index >= 15 is 0 Å². The molecule has 1 amide bonds. The second-order valence-corrected chi connectivity index (χ2v) is 4.56. The van der Waals surface area contributed by atoms with Crippen LogP contribution >= 0.6 is 0 Å². The number of ether oxygens (including phenoxy) is 1. The number of carbonyl (C=O) groups is 2.